The molecule has 3 rings (SSSR count). The smallest absolute Gasteiger partial charge is 0.338 e. The molecule has 0 spiro atoms. The predicted octanol–water partition coefficient (Wildman–Crippen LogP) is 3.86. The normalized spacial score (nSPS) is 28.2. The average molecular weight is 389 g/mol. The van der Waals surface area contributed by atoms with Crippen molar-refractivity contribution in [2.24, 2.45) is 11.8 Å². The first-order valence-electron chi connectivity index (χ1n) is 9.52. The molecule has 146 valence electrons. The van der Waals surface area contributed by atoms with E-state index in [0.717, 1.165) is 30.5 Å². The van der Waals surface area contributed by atoms with Crippen molar-refractivity contribution in [2.75, 3.05) is 7.11 Å². The van der Waals surface area contributed by atoms with Crippen LogP contribution in [-0.2, 0) is 9.53 Å². The molecule has 6 heteroatoms. The molecule has 0 aromatic heterocycles. The van der Waals surface area contributed by atoms with Crippen molar-refractivity contribution in [3.63, 3.8) is 0 Å². The van der Waals surface area contributed by atoms with Crippen LogP contribution in [0.3, 0.4) is 0 Å². The number of allylic oxidation sites excluding steroid dienone is 1. The molecule has 2 N–H and O–H groups in total. The summed E-state index contributed by atoms with van der Waals surface area (Å²) in [7, 11) is 1.62. The molecule has 1 saturated carbocycles. The lowest BCUT2D eigenvalue weighted by atomic mass is 9.80. The fourth-order valence-corrected chi connectivity index (χ4v) is 4.19. The Morgan fingerprint density at radius 1 is 1.19 bits per heavy atom. The van der Waals surface area contributed by atoms with Gasteiger partial charge in [0, 0.05) is 11.3 Å². The number of ether oxygens (including phenoxy) is 2. The first-order chi connectivity index (χ1) is 12.9. The van der Waals surface area contributed by atoms with Gasteiger partial charge in [-0.15, -0.1) is 0 Å². The van der Waals surface area contributed by atoms with Crippen LogP contribution in [0.2, 0.25) is 0 Å². The molecule has 1 aromatic carbocycles. The summed E-state index contributed by atoms with van der Waals surface area (Å²) in [5.74, 6) is 1.65. The number of carbonyl (C=O) groups is 1. The van der Waals surface area contributed by atoms with Gasteiger partial charge in [0.25, 0.3) is 0 Å². The second kappa shape index (κ2) is 8.30. The van der Waals surface area contributed by atoms with Gasteiger partial charge in [-0.3, -0.25) is 0 Å². The van der Waals surface area contributed by atoms with Crippen molar-refractivity contribution in [1.29, 1.82) is 0 Å². The Labute approximate surface area is 166 Å². The fourth-order valence-electron chi connectivity index (χ4n) is 3.92. The van der Waals surface area contributed by atoms with Gasteiger partial charge in [-0.05, 0) is 56.3 Å². The quantitative estimate of drug-likeness (QED) is 0.603. The summed E-state index contributed by atoms with van der Waals surface area (Å²) >= 11 is 5.32. The topological polar surface area (TPSA) is 59.6 Å². The van der Waals surface area contributed by atoms with E-state index in [9.17, 15) is 4.79 Å². The Hall–Kier alpha value is -2.08. The maximum absolute atomic E-state index is 13.1. The van der Waals surface area contributed by atoms with Gasteiger partial charge in [0.2, 0.25) is 0 Å². The zero-order valence-electron chi connectivity index (χ0n) is 16.4. The first-order valence-corrected chi connectivity index (χ1v) is 9.93. The van der Waals surface area contributed by atoms with Gasteiger partial charge in [-0.25, -0.2) is 4.79 Å². The van der Waals surface area contributed by atoms with Gasteiger partial charge >= 0.3 is 5.97 Å². The van der Waals surface area contributed by atoms with Crippen LogP contribution in [-0.4, -0.2) is 24.3 Å². The Balaban J connectivity index is 1.87. The van der Waals surface area contributed by atoms with Crippen molar-refractivity contribution in [2.45, 2.75) is 52.2 Å². The van der Waals surface area contributed by atoms with E-state index in [1.807, 2.05) is 31.2 Å². The molecule has 1 aromatic rings. The summed E-state index contributed by atoms with van der Waals surface area (Å²) in [6.07, 6.45) is 2.89. The molecule has 5 nitrogen and oxygen atoms in total. The SMILES string of the molecule is COc1ccccc1[C@@H]1NC(=S)NC(C)=C1C(=O)O[C@@H]1CC[C@@H](C)[C@H](C)C1. The minimum Gasteiger partial charge on any atom is -0.496 e. The van der Waals surface area contributed by atoms with Crippen LogP contribution in [0.4, 0.5) is 0 Å². The molecule has 0 amide bonds. The highest BCUT2D eigenvalue weighted by Gasteiger charge is 2.35. The molecule has 1 aliphatic heterocycles. The second-order valence-electron chi connectivity index (χ2n) is 7.61. The van der Waals surface area contributed by atoms with E-state index >= 15 is 0 Å². The van der Waals surface area contributed by atoms with Crippen molar-refractivity contribution in [3.8, 4) is 5.75 Å². The van der Waals surface area contributed by atoms with Crippen LogP contribution in [0.25, 0.3) is 0 Å². The minimum absolute atomic E-state index is 0.0313. The minimum atomic E-state index is -0.401. The van der Waals surface area contributed by atoms with E-state index < -0.39 is 6.04 Å². The number of hydrogen-bond acceptors (Lipinski definition) is 4. The van der Waals surface area contributed by atoms with Crippen molar-refractivity contribution >= 4 is 23.3 Å². The van der Waals surface area contributed by atoms with Gasteiger partial charge in [0.1, 0.15) is 11.9 Å². The van der Waals surface area contributed by atoms with Crippen LogP contribution < -0.4 is 15.4 Å². The third-order valence-electron chi connectivity index (χ3n) is 5.76. The molecular formula is C21H28N2O3S. The fraction of sp³-hybridized carbons (Fsp3) is 0.524. The van der Waals surface area contributed by atoms with E-state index in [0.29, 0.717) is 28.3 Å². The maximum atomic E-state index is 13.1. The van der Waals surface area contributed by atoms with Crippen LogP contribution in [0.15, 0.2) is 35.5 Å². The Morgan fingerprint density at radius 3 is 2.63 bits per heavy atom. The highest BCUT2D eigenvalue weighted by atomic mass is 32.1. The molecule has 0 unspecified atom stereocenters. The Bertz CT molecular complexity index is 762. The van der Waals surface area contributed by atoms with Crippen LogP contribution >= 0.6 is 12.2 Å². The van der Waals surface area contributed by atoms with Crippen LogP contribution in [0.1, 0.15) is 51.6 Å². The third kappa shape index (κ3) is 4.26. The maximum Gasteiger partial charge on any atom is 0.338 e. The number of carbonyl (C=O) groups excluding carboxylic acids is 1. The number of hydrogen-bond donors (Lipinski definition) is 2. The largest absolute Gasteiger partial charge is 0.496 e. The van der Waals surface area contributed by atoms with E-state index in [-0.39, 0.29) is 12.1 Å². The Morgan fingerprint density at radius 2 is 1.93 bits per heavy atom. The molecule has 0 saturated heterocycles. The molecule has 27 heavy (non-hydrogen) atoms. The molecule has 0 bridgehead atoms. The van der Waals surface area contributed by atoms with Gasteiger partial charge in [0.05, 0.1) is 18.7 Å². The highest BCUT2D eigenvalue weighted by molar-refractivity contribution is 7.80. The van der Waals surface area contributed by atoms with Crippen LogP contribution in [0, 0.1) is 11.8 Å². The second-order valence-corrected chi connectivity index (χ2v) is 8.02. The highest BCUT2D eigenvalue weighted by Crippen LogP contribution is 2.35. The lowest BCUT2D eigenvalue weighted by molar-refractivity contribution is -0.147. The summed E-state index contributed by atoms with van der Waals surface area (Å²) in [6, 6.07) is 7.25. The van der Waals surface area contributed by atoms with Gasteiger partial charge in [-0.2, -0.15) is 0 Å². The molecular weight excluding hydrogens is 360 g/mol. The predicted molar refractivity (Wildman–Crippen MR) is 109 cm³/mol. The lowest BCUT2D eigenvalue weighted by Crippen LogP contribution is -2.45. The average Bonchev–Trinajstić information content (AvgIpc) is 2.64. The summed E-state index contributed by atoms with van der Waals surface area (Å²) in [5, 5.41) is 6.75. The molecule has 1 fully saturated rings. The van der Waals surface area contributed by atoms with E-state index in [1.54, 1.807) is 7.11 Å². The van der Waals surface area contributed by atoms with E-state index in [4.69, 9.17) is 21.7 Å². The zero-order chi connectivity index (χ0) is 19.6. The first kappa shape index (κ1) is 19.7. The third-order valence-corrected chi connectivity index (χ3v) is 5.98. The van der Waals surface area contributed by atoms with E-state index in [1.165, 1.54) is 0 Å². The lowest BCUT2D eigenvalue weighted by Gasteiger charge is -2.34. The zero-order valence-corrected chi connectivity index (χ0v) is 17.2. The molecule has 1 heterocycles. The van der Waals surface area contributed by atoms with Crippen molar-refractivity contribution < 1.29 is 14.3 Å². The standard InChI is InChI=1S/C21H28N2O3S/c1-12-9-10-15(11-13(12)2)26-20(24)18-14(3)22-21(27)23-19(18)16-7-5-6-8-17(16)25-4/h5-8,12-13,15,19H,9-11H2,1-4H3,(H2,22,23,27)/t12-,13-,15-,19+/m1/s1. The number of benzene rings is 1. The number of nitrogens with one attached hydrogen (secondary N) is 2. The number of methoxy groups -OCH3 is 1. The summed E-state index contributed by atoms with van der Waals surface area (Å²) < 4.78 is 11.4. The van der Waals surface area contributed by atoms with E-state index in [2.05, 4.69) is 24.5 Å². The van der Waals surface area contributed by atoms with Gasteiger partial charge in [-0.1, -0.05) is 32.0 Å². The monoisotopic (exact) mass is 388 g/mol. The van der Waals surface area contributed by atoms with Crippen LogP contribution in [0.5, 0.6) is 5.75 Å². The van der Waals surface area contributed by atoms with Crippen molar-refractivity contribution in [3.05, 3.63) is 41.1 Å². The summed E-state index contributed by atoms with van der Waals surface area (Å²) in [5.41, 5.74) is 2.14. The molecule has 0 radical (unpaired) electrons. The molecule has 2 aliphatic rings. The molecule has 1 aliphatic carbocycles. The Kier molecular flexibility index (Phi) is 6.05. The number of rotatable bonds is 4. The number of esters is 1. The summed E-state index contributed by atoms with van der Waals surface area (Å²) in [6.45, 7) is 6.36. The van der Waals surface area contributed by atoms with Gasteiger partial charge < -0.3 is 20.1 Å². The number of thiocarbonyl (C=S) groups is 1. The van der Waals surface area contributed by atoms with Gasteiger partial charge in [0.15, 0.2) is 5.11 Å². The summed E-state index contributed by atoms with van der Waals surface area (Å²) in [4.78, 5) is 13.1. The number of para-hydroxylation sites is 1. The molecule has 4 atom stereocenters. The van der Waals surface area contributed by atoms with Crippen molar-refractivity contribution in [1.82, 2.24) is 10.6 Å².